The number of hydrazine groups is 1. The summed E-state index contributed by atoms with van der Waals surface area (Å²) in [6.45, 7) is -0.302. The number of aliphatic hydroxyl groups is 3. The summed E-state index contributed by atoms with van der Waals surface area (Å²) in [6, 6.07) is -0.670. The van der Waals surface area contributed by atoms with E-state index in [4.69, 9.17) is 21.2 Å². The summed E-state index contributed by atoms with van der Waals surface area (Å²) in [5.74, 6) is 5.08. The number of nitrogens with two attached hydrogens (primary N) is 1. The Labute approximate surface area is 63.3 Å². The van der Waals surface area contributed by atoms with E-state index in [2.05, 4.69) is 10.4 Å². The van der Waals surface area contributed by atoms with Crippen LogP contribution >= 0.6 is 0 Å². The van der Waals surface area contributed by atoms with Gasteiger partial charge in [-0.3, -0.25) is 4.99 Å². The molecule has 0 saturated heterocycles. The molecular weight excluding hydrogens is 150 g/mol. The molecule has 1 rings (SSSR count). The van der Waals surface area contributed by atoms with Gasteiger partial charge in [-0.2, -0.15) is 0 Å². The van der Waals surface area contributed by atoms with Crippen LogP contribution in [0.4, 0.5) is 0 Å². The molecule has 0 aromatic heterocycles. The van der Waals surface area contributed by atoms with E-state index >= 15 is 0 Å². The lowest BCUT2D eigenvalue weighted by molar-refractivity contribution is 0.0397. The molecule has 1 aliphatic heterocycles. The summed E-state index contributed by atoms with van der Waals surface area (Å²) < 4.78 is 0. The van der Waals surface area contributed by atoms with Crippen molar-refractivity contribution in [2.75, 3.05) is 6.61 Å². The van der Waals surface area contributed by atoms with Crippen molar-refractivity contribution in [2.24, 2.45) is 10.8 Å². The van der Waals surface area contributed by atoms with E-state index in [1.165, 1.54) is 0 Å². The summed E-state index contributed by atoms with van der Waals surface area (Å²) in [4.78, 5) is 3.72. The number of nitrogens with one attached hydrogen (secondary N) is 1. The standard InChI is InChI=1S/C5H11N3O3/c6-8-5-4(11)3(10)2(1-9)7-5/h2-4,9-11H,1,6H2,(H,7,8)/t2-,3-,4-/m1/s1. The van der Waals surface area contributed by atoms with Gasteiger partial charge in [-0.1, -0.05) is 0 Å². The molecule has 6 N–H and O–H groups in total. The highest BCUT2D eigenvalue weighted by molar-refractivity contribution is 5.88. The highest BCUT2D eigenvalue weighted by Crippen LogP contribution is 2.12. The molecule has 0 aromatic rings. The molecule has 11 heavy (non-hydrogen) atoms. The Hall–Kier alpha value is -0.690. The highest BCUT2D eigenvalue weighted by Gasteiger charge is 2.35. The van der Waals surface area contributed by atoms with Crippen molar-refractivity contribution in [3.05, 3.63) is 0 Å². The lowest BCUT2D eigenvalue weighted by atomic mass is 10.1. The van der Waals surface area contributed by atoms with Gasteiger partial charge in [-0.15, -0.1) is 0 Å². The predicted octanol–water partition coefficient (Wildman–Crippen LogP) is -3.06. The van der Waals surface area contributed by atoms with E-state index in [0.29, 0.717) is 0 Å². The Morgan fingerprint density at radius 3 is 2.45 bits per heavy atom. The summed E-state index contributed by atoms with van der Waals surface area (Å²) in [6.07, 6.45) is -2.18. The van der Waals surface area contributed by atoms with Crippen molar-refractivity contribution in [3.63, 3.8) is 0 Å². The van der Waals surface area contributed by atoms with Crippen molar-refractivity contribution >= 4 is 5.84 Å². The summed E-state index contributed by atoms with van der Waals surface area (Å²) in [7, 11) is 0. The molecule has 1 aliphatic rings. The quantitative estimate of drug-likeness (QED) is 0.207. The van der Waals surface area contributed by atoms with Crippen molar-refractivity contribution in [3.8, 4) is 0 Å². The van der Waals surface area contributed by atoms with Crippen LogP contribution in [-0.4, -0.2) is 46.0 Å². The molecule has 0 unspecified atom stereocenters. The molecule has 3 atom stereocenters. The van der Waals surface area contributed by atoms with Crippen molar-refractivity contribution in [2.45, 2.75) is 18.2 Å². The Kier molecular flexibility index (Phi) is 2.40. The van der Waals surface area contributed by atoms with Gasteiger partial charge >= 0.3 is 0 Å². The van der Waals surface area contributed by atoms with E-state index in [0.717, 1.165) is 0 Å². The lowest BCUT2D eigenvalue weighted by Crippen LogP contribution is -2.42. The maximum atomic E-state index is 9.14. The van der Waals surface area contributed by atoms with Crippen LogP contribution < -0.4 is 11.3 Å². The Bertz CT molecular complexity index is 172. The molecule has 1 heterocycles. The summed E-state index contributed by atoms with van der Waals surface area (Å²) >= 11 is 0. The van der Waals surface area contributed by atoms with E-state index in [1.807, 2.05) is 0 Å². The van der Waals surface area contributed by atoms with Gasteiger partial charge in [0.15, 0.2) is 0 Å². The van der Waals surface area contributed by atoms with Crippen LogP contribution in [0.5, 0.6) is 0 Å². The summed E-state index contributed by atoms with van der Waals surface area (Å²) in [5, 5.41) is 26.9. The first kappa shape index (κ1) is 8.41. The summed E-state index contributed by atoms with van der Waals surface area (Å²) in [5.41, 5.74) is 2.14. The fraction of sp³-hybridized carbons (Fsp3) is 0.800. The average molecular weight is 161 g/mol. The van der Waals surface area contributed by atoms with Gasteiger partial charge in [-0.05, 0) is 0 Å². The number of nitrogens with zero attached hydrogens (tertiary/aromatic N) is 1. The Morgan fingerprint density at radius 1 is 1.55 bits per heavy atom. The monoisotopic (exact) mass is 161 g/mol. The average Bonchev–Trinajstić information content (AvgIpc) is 2.30. The fourth-order valence-electron chi connectivity index (χ4n) is 0.975. The SMILES string of the molecule is NNC1=N[C@H](CO)[C@@H](O)[C@H]1O. The maximum Gasteiger partial charge on any atom is 0.143 e. The lowest BCUT2D eigenvalue weighted by Gasteiger charge is -2.12. The first-order valence-corrected chi connectivity index (χ1v) is 3.22. The van der Waals surface area contributed by atoms with E-state index < -0.39 is 18.2 Å². The van der Waals surface area contributed by atoms with Crippen LogP contribution in [0.2, 0.25) is 0 Å². The van der Waals surface area contributed by atoms with Gasteiger partial charge in [-0.25, -0.2) is 5.84 Å². The molecule has 0 spiro atoms. The zero-order chi connectivity index (χ0) is 8.43. The third-order valence-corrected chi connectivity index (χ3v) is 1.64. The molecule has 0 amide bonds. The van der Waals surface area contributed by atoms with Gasteiger partial charge in [0.1, 0.15) is 24.1 Å². The van der Waals surface area contributed by atoms with Crippen LogP contribution in [0, 0.1) is 0 Å². The fourth-order valence-corrected chi connectivity index (χ4v) is 0.975. The van der Waals surface area contributed by atoms with Gasteiger partial charge < -0.3 is 20.7 Å². The van der Waals surface area contributed by atoms with E-state index in [-0.39, 0.29) is 12.4 Å². The zero-order valence-corrected chi connectivity index (χ0v) is 5.81. The van der Waals surface area contributed by atoms with Crippen LogP contribution in [0.25, 0.3) is 0 Å². The molecule has 6 heteroatoms. The molecule has 6 nitrogen and oxygen atoms in total. The van der Waals surface area contributed by atoms with Crippen LogP contribution in [0.1, 0.15) is 0 Å². The number of aliphatic imine (C=N–C) groups is 1. The van der Waals surface area contributed by atoms with Crippen LogP contribution in [-0.2, 0) is 0 Å². The Balaban J connectivity index is 2.68. The highest BCUT2D eigenvalue weighted by atomic mass is 16.3. The second-order valence-corrected chi connectivity index (χ2v) is 2.34. The third-order valence-electron chi connectivity index (χ3n) is 1.64. The first-order valence-electron chi connectivity index (χ1n) is 3.22. The number of rotatable bonds is 1. The number of amidine groups is 1. The number of hydrogen-bond donors (Lipinski definition) is 5. The minimum atomic E-state index is -1.11. The van der Waals surface area contributed by atoms with Gasteiger partial charge in [0.05, 0.1) is 6.61 Å². The van der Waals surface area contributed by atoms with Crippen molar-refractivity contribution in [1.29, 1.82) is 0 Å². The molecule has 0 fully saturated rings. The third kappa shape index (κ3) is 1.33. The maximum absolute atomic E-state index is 9.14. The Morgan fingerprint density at radius 2 is 2.18 bits per heavy atom. The van der Waals surface area contributed by atoms with Crippen LogP contribution in [0.3, 0.4) is 0 Å². The van der Waals surface area contributed by atoms with Crippen molar-refractivity contribution < 1.29 is 15.3 Å². The molecular formula is C5H11N3O3. The topological polar surface area (TPSA) is 111 Å². The molecule has 0 radical (unpaired) electrons. The molecule has 0 aliphatic carbocycles. The van der Waals surface area contributed by atoms with Gasteiger partial charge in [0, 0.05) is 0 Å². The zero-order valence-electron chi connectivity index (χ0n) is 5.81. The minimum Gasteiger partial charge on any atom is -0.394 e. The van der Waals surface area contributed by atoms with E-state index in [9.17, 15) is 0 Å². The largest absolute Gasteiger partial charge is 0.394 e. The normalized spacial score (nSPS) is 37.1. The predicted molar refractivity (Wildman–Crippen MR) is 37.6 cm³/mol. The second kappa shape index (κ2) is 3.14. The van der Waals surface area contributed by atoms with Crippen molar-refractivity contribution in [1.82, 2.24) is 5.43 Å². The smallest absolute Gasteiger partial charge is 0.143 e. The van der Waals surface area contributed by atoms with Gasteiger partial charge in [0.25, 0.3) is 0 Å². The molecule has 0 aromatic carbocycles. The van der Waals surface area contributed by atoms with Gasteiger partial charge in [0.2, 0.25) is 0 Å². The second-order valence-electron chi connectivity index (χ2n) is 2.34. The molecule has 64 valence electrons. The number of aliphatic hydroxyl groups excluding tert-OH is 3. The van der Waals surface area contributed by atoms with Crippen LogP contribution in [0.15, 0.2) is 4.99 Å². The number of hydrogen-bond acceptors (Lipinski definition) is 6. The molecule has 0 bridgehead atoms. The van der Waals surface area contributed by atoms with E-state index in [1.54, 1.807) is 0 Å². The first-order chi connectivity index (χ1) is 5.20. The minimum absolute atomic E-state index is 0.108. The molecule has 0 saturated carbocycles.